The van der Waals surface area contributed by atoms with Gasteiger partial charge in [0.2, 0.25) is 0 Å². The van der Waals surface area contributed by atoms with Crippen molar-refractivity contribution in [3.63, 3.8) is 0 Å². The first-order chi connectivity index (χ1) is 13.5. The van der Waals surface area contributed by atoms with Gasteiger partial charge in [-0.25, -0.2) is 0 Å². The number of hydrogen-bond donors (Lipinski definition) is 2. The van der Waals surface area contributed by atoms with E-state index in [2.05, 4.69) is 17.6 Å². The van der Waals surface area contributed by atoms with Crippen LogP contribution in [0.15, 0.2) is 36.4 Å². The van der Waals surface area contributed by atoms with Gasteiger partial charge in [0.25, 0.3) is 5.91 Å². The number of benzene rings is 2. The number of carbonyl (C=O) groups is 1. The lowest BCUT2D eigenvalue weighted by Gasteiger charge is -2.14. The van der Waals surface area contributed by atoms with Crippen LogP contribution in [0.2, 0.25) is 5.02 Å². The molecule has 0 atom stereocenters. The molecule has 1 amide bonds. The van der Waals surface area contributed by atoms with Crippen LogP contribution in [-0.2, 0) is 11.3 Å². The molecule has 0 fully saturated rings. The molecule has 0 aliphatic rings. The van der Waals surface area contributed by atoms with Crippen LogP contribution in [0.5, 0.6) is 11.5 Å². The summed E-state index contributed by atoms with van der Waals surface area (Å²) in [5.74, 6) is 0.627. The van der Waals surface area contributed by atoms with Gasteiger partial charge in [0.05, 0.1) is 12.1 Å². The Bertz CT molecular complexity index is 763. The summed E-state index contributed by atoms with van der Waals surface area (Å²) in [4.78, 5) is 12.1. The number of methoxy groups -OCH3 is 1. The van der Waals surface area contributed by atoms with E-state index < -0.39 is 0 Å². The number of ether oxygens (including phenoxy) is 2. The van der Waals surface area contributed by atoms with Crippen molar-refractivity contribution in [1.29, 1.82) is 0 Å². The summed E-state index contributed by atoms with van der Waals surface area (Å²) < 4.78 is 11.0. The number of carbonyl (C=O) groups excluding carboxylic acids is 1. The Morgan fingerprint density at radius 3 is 2.57 bits per heavy atom. The molecule has 0 aliphatic carbocycles. The fraction of sp³-hybridized carbons (Fsp3) is 0.409. The highest BCUT2D eigenvalue weighted by Gasteiger charge is 2.14. The van der Waals surface area contributed by atoms with E-state index in [9.17, 15) is 4.79 Å². The van der Waals surface area contributed by atoms with E-state index in [-0.39, 0.29) is 12.5 Å². The first-order valence-electron chi connectivity index (χ1n) is 9.60. The molecular weight excluding hydrogens is 376 g/mol. The van der Waals surface area contributed by atoms with E-state index in [0.717, 1.165) is 29.8 Å². The second-order valence-electron chi connectivity index (χ2n) is 6.70. The number of rotatable bonds is 11. The first-order valence-corrected chi connectivity index (χ1v) is 9.97. The van der Waals surface area contributed by atoms with Gasteiger partial charge in [-0.1, -0.05) is 49.1 Å². The van der Waals surface area contributed by atoms with Crippen molar-refractivity contribution in [3.05, 3.63) is 52.5 Å². The topological polar surface area (TPSA) is 59.6 Å². The van der Waals surface area contributed by atoms with Crippen molar-refractivity contribution in [2.24, 2.45) is 0 Å². The van der Waals surface area contributed by atoms with Crippen LogP contribution in [-0.4, -0.2) is 26.2 Å². The number of anilines is 1. The van der Waals surface area contributed by atoms with Crippen molar-refractivity contribution in [2.75, 3.05) is 25.6 Å². The summed E-state index contributed by atoms with van der Waals surface area (Å²) in [7, 11) is 1.56. The lowest BCUT2D eigenvalue weighted by atomic mass is 10.2. The minimum Gasteiger partial charge on any atom is -0.493 e. The van der Waals surface area contributed by atoms with E-state index in [1.165, 1.54) is 12.8 Å². The summed E-state index contributed by atoms with van der Waals surface area (Å²) in [5, 5.41) is 6.62. The number of amides is 1. The zero-order valence-electron chi connectivity index (χ0n) is 16.8. The molecule has 0 unspecified atom stereocenters. The van der Waals surface area contributed by atoms with Crippen molar-refractivity contribution in [2.45, 2.75) is 39.7 Å². The third kappa shape index (κ3) is 7.06. The maximum Gasteiger partial charge on any atom is 0.262 e. The summed E-state index contributed by atoms with van der Waals surface area (Å²) in [6, 6.07) is 11.3. The first kappa shape index (κ1) is 22.1. The quantitative estimate of drug-likeness (QED) is 0.520. The highest BCUT2D eigenvalue weighted by molar-refractivity contribution is 6.32. The predicted molar refractivity (Wildman–Crippen MR) is 115 cm³/mol. The molecular formula is C22H29ClN2O3. The molecule has 0 bridgehead atoms. The largest absolute Gasteiger partial charge is 0.493 e. The van der Waals surface area contributed by atoms with Crippen LogP contribution in [0.25, 0.3) is 0 Å². The van der Waals surface area contributed by atoms with Crippen LogP contribution in [0.1, 0.15) is 37.3 Å². The Labute approximate surface area is 172 Å². The molecule has 2 rings (SSSR count). The van der Waals surface area contributed by atoms with Crippen molar-refractivity contribution in [1.82, 2.24) is 5.32 Å². The molecule has 5 nitrogen and oxygen atoms in total. The summed E-state index contributed by atoms with van der Waals surface area (Å²) in [6.45, 7) is 5.69. The third-order valence-corrected chi connectivity index (χ3v) is 4.54. The molecule has 0 saturated heterocycles. The molecule has 2 aromatic carbocycles. The van der Waals surface area contributed by atoms with E-state index in [1.807, 2.05) is 43.3 Å². The molecule has 2 aromatic rings. The third-order valence-electron chi connectivity index (χ3n) is 4.26. The molecule has 152 valence electrons. The normalized spacial score (nSPS) is 10.6. The molecule has 0 aliphatic heterocycles. The molecule has 0 saturated carbocycles. The maximum absolute atomic E-state index is 12.1. The molecule has 0 heterocycles. The Kier molecular flexibility index (Phi) is 9.11. The zero-order valence-corrected chi connectivity index (χ0v) is 17.6. The second-order valence-corrected chi connectivity index (χ2v) is 7.10. The van der Waals surface area contributed by atoms with Crippen LogP contribution in [0, 0.1) is 6.92 Å². The lowest BCUT2D eigenvalue weighted by Crippen LogP contribution is -2.20. The number of aryl methyl sites for hydroxylation is 1. The molecule has 0 spiro atoms. The molecule has 0 aromatic heterocycles. The Morgan fingerprint density at radius 1 is 1.14 bits per heavy atom. The van der Waals surface area contributed by atoms with Gasteiger partial charge in [0, 0.05) is 12.2 Å². The number of hydrogen-bond acceptors (Lipinski definition) is 4. The fourth-order valence-corrected chi connectivity index (χ4v) is 3.01. The Morgan fingerprint density at radius 2 is 1.89 bits per heavy atom. The van der Waals surface area contributed by atoms with E-state index >= 15 is 0 Å². The smallest absolute Gasteiger partial charge is 0.262 e. The van der Waals surface area contributed by atoms with E-state index in [0.29, 0.717) is 23.1 Å². The van der Waals surface area contributed by atoms with Crippen LogP contribution < -0.4 is 20.1 Å². The minimum atomic E-state index is -0.261. The van der Waals surface area contributed by atoms with Gasteiger partial charge >= 0.3 is 0 Å². The molecule has 0 radical (unpaired) electrons. The molecule has 28 heavy (non-hydrogen) atoms. The summed E-state index contributed by atoms with van der Waals surface area (Å²) in [5.41, 5.74) is 2.86. The number of halogens is 1. The fourth-order valence-electron chi connectivity index (χ4n) is 2.72. The average Bonchev–Trinajstić information content (AvgIpc) is 2.68. The average molecular weight is 405 g/mol. The van der Waals surface area contributed by atoms with Gasteiger partial charge in [0.15, 0.2) is 18.1 Å². The summed E-state index contributed by atoms with van der Waals surface area (Å²) in [6.07, 6.45) is 3.57. The van der Waals surface area contributed by atoms with Gasteiger partial charge in [0.1, 0.15) is 0 Å². The second kappa shape index (κ2) is 11.6. The SMILES string of the molecule is CCCCCNCc1cc(Cl)c(OCC(=O)Nc2ccc(C)cc2)c(OC)c1. The van der Waals surface area contributed by atoms with Gasteiger partial charge in [-0.3, -0.25) is 4.79 Å². The minimum absolute atomic E-state index is 0.154. The van der Waals surface area contributed by atoms with Crippen molar-refractivity contribution < 1.29 is 14.3 Å². The summed E-state index contributed by atoms with van der Waals surface area (Å²) >= 11 is 6.37. The molecule has 6 heteroatoms. The van der Waals surface area contributed by atoms with Crippen LogP contribution in [0.4, 0.5) is 5.69 Å². The maximum atomic E-state index is 12.1. The zero-order chi connectivity index (χ0) is 20.4. The van der Waals surface area contributed by atoms with Gasteiger partial charge in [-0.15, -0.1) is 0 Å². The highest BCUT2D eigenvalue weighted by atomic mass is 35.5. The number of nitrogens with one attached hydrogen (secondary N) is 2. The monoisotopic (exact) mass is 404 g/mol. The Balaban J connectivity index is 1.92. The van der Waals surface area contributed by atoms with Gasteiger partial charge < -0.3 is 20.1 Å². The van der Waals surface area contributed by atoms with E-state index in [1.54, 1.807) is 7.11 Å². The lowest BCUT2D eigenvalue weighted by molar-refractivity contribution is -0.118. The van der Waals surface area contributed by atoms with Crippen LogP contribution in [0.3, 0.4) is 0 Å². The van der Waals surface area contributed by atoms with Crippen LogP contribution >= 0.6 is 11.6 Å². The number of unbranched alkanes of at least 4 members (excludes halogenated alkanes) is 2. The highest BCUT2D eigenvalue weighted by Crippen LogP contribution is 2.36. The Hall–Kier alpha value is -2.24. The van der Waals surface area contributed by atoms with Crippen molar-refractivity contribution >= 4 is 23.2 Å². The predicted octanol–water partition coefficient (Wildman–Crippen LogP) is 4.95. The van der Waals surface area contributed by atoms with E-state index in [4.69, 9.17) is 21.1 Å². The van der Waals surface area contributed by atoms with Gasteiger partial charge in [-0.05, 0) is 49.7 Å². The van der Waals surface area contributed by atoms with Gasteiger partial charge in [-0.2, -0.15) is 0 Å². The molecule has 2 N–H and O–H groups in total. The standard InChI is InChI=1S/C22H29ClN2O3/c1-4-5-6-11-24-14-17-12-19(23)22(20(13-17)27-3)28-15-21(26)25-18-9-7-16(2)8-10-18/h7-10,12-13,24H,4-6,11,14-15H2,1-3H3,(H,25,26). The van der Waals surface area contributed by atoms with Crippen molar-refractivity contribution in [3.8, 4) is 11.5 Å².